The van der Waals surface area contributed by atoms with Crippen molar-refractivity contribution in [1.29, 1.82) is 0 Å². The second-order valence-corrected chi connectivity index (χ2v) is 2.82. The van der Waals surface area contributed by atoms with Crippen LogP contribution in [0.4, 0.5) is 0 Å². The molecule has 0 saturated carbocycles. The summed E-state index contributed by atoms with van der Waals surface area (Å²) in [6.07, 6.45) is 5.24. The summed E-state index contributed by atoms with van der Waals surface area (Å²) >= 11 is 5.89. The second kappa shape index (κ2) is 2.68. The average Bonchev–Trinajstić information content (AvgIpc) is 2.49. The van der Waals surface area contributed by atoms with Gasteiger partial charge in [-0.3, -0.25) is 0 Å². The van der Waals surface area contributed by atoms with Crippen LogP contribution in [0.25, 0.3) is 5.52 Å². The molecule has 0 amide bonds. The Morgan fingerprint density at radius 3 is 3.17 bits per heavy atom. The van der Waals surface area contributed by atoms with Crippen molar-refractivity contribution >= 4 is 17.1 Å². The first-order valence-corrected chi connectivity index (χ1v) is 3.84. The number of halogens is 1. The fourth-order valence-electron chi connectivity index (χ4n) is 1.07. The molecule has 0 aliphatic heterocycles. The predicted molar refractivity (Wildman–Crippen MR) is 46.8 cm³/mol. The lowest BCUT2D eigenvalue weighted by molar-refractivity contribution is 0.412. The number of hydrogen-bond acceptors (Lipinski definition) is 2. The van der Waals surface area contributed by atoms with Crippen molar-refractivity contribution < 1.29 is 4.74 Å². The smallest absolute Gasteiger partial charge is 0.154 e. The van der Waals surface area contributed by atoms with Crippen molar-refractivity contribution in [2.75, 3.05) is 7.11 Å². The molecular weight excluding hydrogens is 176 g/mol. The zero-order valence-electron chi connectivity index (χ0n) is 6.49. The van der Waals surface area contributed by atoms with E-state index in [9.17, 15) is 0 Å². The number of nitrogens with zero attached hydrogens (tertiary/aromatic N) is 2. The monoisotopic (exact) mass is 182 g/mol. The van der Waals surface area contributed by atoms with E-state index in [1.54, 1.807) is 25.8 Å². The maximum absolute atomic E-state index is 5.89. The van der Waals surface area contributed by atoms with Gasteiger partial charge in [-0.15, -0.1) is 0 Å². The fourth-order valence-corrected chi connectivity index (χ4v) is 1.31. The standard InChI is InChI=1S/C8H7ClN2O/c1-12-8-4-11-5-10-3-6(11)2-7(8)9/h2-5H,1H3. The van der Waals surface area contributed by atoms with E-state index in [4.69, 9.17) is 16.3 Å². The Labute approximate surface area is 74.6 Å². The normalized spacial score (nSPS) is 10.5. The molecule has 0 saturated heterocycles. The Kier molecular flexibility index (Phi) is 1.66. The third kappa shape index (κ3) is 1.02. The highest BCUT2D eigenvalue weighted by molar-refractivity contribution is 6.32. The predicted octanol–water partition coefficient (Wildman–Crippen LogP) is 2.00. The number of imidazole rings is 1. The number of aromatic nitrogens is 2. The van der Waals surface area contributed by atoms with Crippen molar-refractivity contribution in [3.05, 3.63) is 29.8 Å². The zero-order chi connectivity index (χ0) is 8.55. The first kappa shape index (κ1) is 7.43. The average molecular weight is 183 g/mol. The van der Waals surface area contributed by atoms with Gasteiger partial charge < -0.3 is 9.14 Å². The summed E-state index contributed by atoms with van der Waals surface area (Å²) in [5, 5.41) is 0.602. The van der Waals surface area contributed by atoms with Gasteiger partial charge in [0.25, 0.3) is 0 Å². The van der Waals surface area contributed by atoms with E-state index in [1.807, 2.05) is 10.5 Å². The Morgan fingerprint density at radius 2 is 2.42 bits per heavy atom. The Balaban J connectivity index is 2.73. The molecule has 0 atom stereocenters. The molecule has 4 heteroatoms. The topological polar surface area (TPSA) is 26.5 Å². The van der Waals surface area contributed by atoms with Gasteiger partial charge >= 0.3 is 0 Å². The quantitative estimate of drug-likeness (QED) is 0.675. The van der Waals surface area contributed by atoms with E-state index in [0.717, 1.165) is 5.52 Å². The van der Waals surface area contributed by atoms with Crippen molar-refractivity contribution in [2.24, 2.45) is 0 Å². The Hall–Kier alpha value is -1.22. The van der Waals surface area contributed by atoms with E-state index < -0.39 is 0 Å². The van der Waals surface area contributed by atoms with Gasteiger partial charge in [-0.2, -0.15) is 0 Å². The van der Waals surface area contributed by atoms with Crippen molar-refractivity contribution in [2.45, 2.75) is 0 Å². The van der Waals surface area contributed by atoms with Gasteiger partial charge in [0, 0.05) is 0 Å². The van der Waals surface area contributed by atoms with E-state index in [2.05, 4.69) is 4.98 Å². The molecule has 2 aromatic heterocycles. The molecule has 0 N–H and O–H groups in total. The van der Waals surface area contributed by atoms with Crippen molar-refractivity contribution in [3.63, 3.8) is 0 Å². The lowest BCUT2D eigenvalue weighted by Gasteiger charge is -2.02. The number of rotatable bonds is 1. The van der Waals surface area contributed by atoms with Crippen LogP contribution in [0.1, 0.15) is 0 Å². The van der Waals surface area contributed by atoms with E-state index >= 15 is 0 Å². The van der Waals surface area contributed by atoms with Crippen LogP contribution in [0, 0.1) is 0 Å². The van der Waals surface area contributed by atoms with Gasteiger partial charge in [0.2, 0.25) is 0 Å². The summed E-state index contributed by atoms with van der Waals surface area (Å²) < 4.78 is 6.89. The molecule has 0 radical (unpaired) electrons. The van der Waals surface area contributed by atoms with E-state index in [-0.39, 0.29) is 0 Å². The van der Waals surface area contributed by atoms with E-state index in [1.165, 1.54) is 0 Å². The van der Waals surface area contributed by atoms with Gasteiger partial charge in [0.05, 0.1) is 36.4 Å². The number of fused-ring (bicyclic) bond motifs is 1. The molecule has 0 aliphatic carbocycles. The molecule has 3 nitrogen and oxygen atoms in total. The minimum absolute atomic E-state index is 0.602. The molecule has 62 valence electrons. The molecule has 12 heavy (non-hydrogen) atoms. The largest absolute Gasteiger partial charge is 0.494 e. The highest BCUT2D eigenvalue weighted by Gasteiger charge is 2.01. The number of ether oxygens (including phenoxy) is 1. The lowest BCUT2D eigenvalue weighted by atomic mass is 10.4. The molecule has 0 aliphatic rings. The minimum atomic E-state index is 0.602. The van der Waals surface area contributed by atoms with Gasteiger partial charge in [0.15, 0.2) is 5.75 Å². The summed E-state index contributed by atoms with van der Waals surface area (Å²) in [7, 11) is 1.59. The SMILES string of the molecule is COc1cn2cncc2cc1Cl. The van der Waals surface area contributed by atoms with Crippen LogP contribution in [0.15, 0.2) is 24.8 Å². The molecule has 0 unspecified atom stereocenters. The zero-order valence-corrected chi connectivity index (χ0v) is 7.25. The molecular formula is C8H7ClN2O. The molecule has 2 heterocycles. The Bertz CT molecular complexity index is 410. The van der Waals surface area contributed by atoms with E-state index in [0.29, 0.717) is 10.8 Å². The second-order valence-electron chi connectivity index (χ2n) is 2.42. The number of pyridine rings is 1. The third-order valence-corrected chi connectivity index (χ3v) is 1.98. The number of hydrogen-bond donors (Lipinski definition) is 0. The van der Waals surface area contributed by atoms with Crippen molar-refractivity contribution in [3.8, 4) is 5.75 Å². The minimum Gasteiger partial charge on any atom is -0.494 e. The summed E-state index contributed by atoms with van der Waals surface area (Å²) in [4.78, 5) is 3.97. The molecule has 0 bridgehead atoms. The third-order valence-electron chi connectivity index (χ3n) is 1.68. The maximum Gasteiger partial charge on any atom is 0.154 e. The Morgan fingerprint density at radius 1 is 1.58 bits per heavy atom. The van der Waals surface area contributed by atoms with Gasteiger partial charge in [-0.05, 0) is 6.07 Å². The van der Waals surface area contributed by atoms with Crippen LogP contribution in [-0.2, 0) is 0 Å². The van der Waals surface area contributed by atoms with Crippen LogP contribution >= 0.6 is 11.6 Å². The van der Waals surface area contributed by atoms with Crippen LogP contribution in [-0.4, -0.2) is 16.5 Å². The van der Waals surface area contributed by atoms with Gasteiger partial charge in [0.1, 0.15) is 0 Å². The molecule has 2 rings (SSSR count). The molecule has 2 aromatic rings. The highest BCUT2D eigenvalue weighted by atomic mass is 35.5. The molecule has 0 fully saturated rings. The first-order chi connectivity index (χ1) is 5.81. The molecule has 0 spiro atoms. The summed E-state index contributed by atoms with van der Waals surface area (Å²) in [6, 6.07) is 1.81. The van der Waals surface area contributed by atoms with Gasteiger partial charge in [-0.25, -0.2) is 4.98 Å². The summed E-state index contributed by atoms with van der Waals surface area (Å²) in [5.41, 5.74) is 0.959. The van der Waals surface area contributed by atoms with Crippen LogP contribution in [0.5, 0.6) is 5.75 Å². The van der Waals surface area contributed by atoms with Crippen LogP contribution < -0.4 is 4.74 Å². The molecule has 0 aromatic carbocycles. The first-order valence-electron chi connectivity index (χ1n) is 3.46. The van der Waals surface area contributed by atoms with Crippen molar-refractivity contribution in [1.82, 2.24) is 9.38 Å². The van der Waals surface area contributed by atoms with Gasteiger partial charge in [-0.1, -0.05) is 11.6 Å². The lowest BCUT2D eigenvalue weighted by Crippen LogP contribution is -1.88. The fraction of sp³-hybridized carbons (Fsp3) is 0.125. The van der Waals surface area contributed by atoms with Crippen LogP contribution in [0.3, 0.4) is 0 Å². The highest BCUT2D eigenvalue weighted by Crippen LogP contribution is 2.24. The summed E-state index contributed by atoms with van der Waals surface area (Å²) in [6.45, 7) is 0. The number of methoxy groups -OCH3 is 1. The van der Waals surface area contributed by atoms with Crippen LogP contribution in [0.2, 0.25) is 5.02 Å². The maximum atomic E-state index is 5.89. The summed E-state index contributed by atoms with van der Waals surface area (Å²) in [5.74, 6) is 0.655.